The summed E-state index contributed by atoms with van der Waals surface area (Å²) in [6, 6.07) is 0. The number of carbonyl (C=O) groups is 2. The number of rotatable bonds is 2. The number of aliphatic hydroxyl groups excluding tert-OH is 1. The average Bonchev–Trinajstić information content (AvgIpc) is 2.65. The molecule has 0 aromatic heterocycles. The highest BCUT2D eigenvalue weighted by molar-refractivity contribution is 6.01. The molecule has 0 radical (unpaired) electrons. The minimum absolute atomic E-state index is 0.0129. The Kier molecular flexibility index (Phi) is 3.78. The fourth-order valence-electron chi connectivity index (χ4n) is 4.75. The number of hydrogen-bond donors (Lipinski definition) is 2. The molecule has 0 aliphatic heterocycles. The Morgan fingerprint density at radius 2 is 1.92 bits per heavy atom. The molecular weight excluding hydrogens is 304 g/mol. The Labute approximate surface area is 142 Å². The molecule has 1 fully saturated rings. The van der Waals surface area contributed by atoms with Crippen LogP contribution in [0, 0.1) is 16.7 Å². The van der Waals surface area contributed by atoms with E-state index in [4.69, 9.17) is 0 Å². The van der Waals surface area contributed by atoms with E-state index in [1.165, 1.54) is 0 Å². The molecule has 0 bridgehead atoms. The Hall–Kier alpha value is -1.52. The maximum atomic E-state index is 12.7. The summed E-state index contributed by atoms with van der Waals surface area (Å²) in [6.07, 6.45) is 6.41. The van der Waals surface area contributed by atoms with E-state index in [0.29, 0.717) is 29.6 Å². The molecule has 0 saturated heterocycles. The van der Waals surface area contributed by atoms with Crippen molar-refractivity contribution in [1.82, 2.24) is 0 Å². The third-order valence-electron chi connectivity index (χ3n) is 6.60. The summed E-state index contributed by atoms with van der Waals surface area (Å²) in [6.45, 7) is 7.69. The van der Waals surface area contributed by atoms with Crippen molar-refractivity contribution in [3.8, 4) is 0 Å². The smallest absolute Gasteiger partial charge is 0.165 e. The van der Waals surface area contributed by atoms with Crippen LogP contribution in [-0.4, -0.2) is 34.0 Å². The van der Waals surface area contributed by atoms with Gasteiger partial charge in [-0.15, -0.1) is 0 Å². The zero-order valence-corrected chi connectivity index (χ0v) is 14.8. The van der Waals surface area contributed by atoms with Crippen molar-refractivity contribution in [1.29, 1.82) is 0 Å². The molecule has 3 aliphatic carbocycles. The van der Waals surface area contributed by atoms with Crippen molar-refractivity contribution in [2.75, 3.05) is 0 Å². The van der Waals surface area contributed by atoms with Crippen molar-refractivity contribution in [2.24, 2.45) is 16.7 Å². The summed E-state index contributed by atoms with van der Waals surface area (Å²) in [4.78, 5) is 23.9. The molecule has 2 N–H and O–H groups in total. The molecule has 3 rings (SSSR count). The first-order valence-electron chi connectivity index (χ1n) is 8.65. The van der Waals surface area contributed by atoms with Crippen molar-refractivity contribution in [2.45, 2.75) is 58.7 Å². The lowest BCUT2D eigenvalue weighted by Crippen LogP contribution is -2.59. The minimum Gasteiger partial charge on any atom is -0.392 e. The van der Waals surface area contributed by atoms with Crippen molar-refractivity contribution < 1.29 is 19.8 Å². The summed E-state index contributed by atoms with van der Waals surface area (Å²) in [7, 11) is 0. The van der Waals surface area contributed by atoms with Gasteiger partial charge in [-0.05, 0) is 48.5 Å². The summed E-state index contributed by atoms with van der Waals surface area (Å²) in [5, 5.41) is 22.6. The second-order valence-corrected chi connectivity index (χ2v) is 8.24. The Morgan fingerprint density at radius 3 is 2.50 bits per heavy atom. The summed E-state index contributed by atoms with van der Waals surface area (Å²) < 4.78 is 0. The molecule has 4 nitrogen and oxygen atoms in total. The second kappa shape index (κ2) is 5.24. The van der Waals surface area contributed by atoms with Crippen LogP contribution in [0.2, 0.25) is 0 Å². The van der Waals surface area contributed by atoms with Crippen molar-refractivity contribution in [3.05, 3.63) is 34.9 Å². The molecule has 4 atom stereocenters. The molecule has 4 heteroatoms. The van der Waals surface area contributed by atoms with E-state index in [2.05, 4.69) is 0 Å². The van der Waals surface area contributed by atoms with Gasteiger partial charge in [-0.2, -0.15) is 0 Å². The van der Waals surface area contributed by atoms with Crippen LogP contribution < -0.4 is 0 Å². The first-order chi connectivity index (χ1) is 11.1. The van der Waals surface area contributed by atoms with Gasteiger partial charge in [0.2, 0.25) is 0 Å². The van der Waals surface area contributed by atoms with E-state index in [1.54, 1.807) is 18.2 Å². The van der Waals surface area contributed by atoms with Gasteiger partial charge in [-0.3, -0.25) is 9.59 Å². The van der Waals surface area contributed by atoms with E-state index < -0.39 is 22.5 Å². The molecule has 0 spiro atoms. The fraction of sp³-hybridized carbons (Fsp3) is 0.600. The fourth-order valence-corrected chi connectivity index (χ4v) is 4.75. The molecule has 0 aromatic rings. The van der Waals surface area contributed by atoms with Gasteiger partial charge in [0.25, 0.3) is 0 Å². The predicted octanol–water partition coefficient (Wildman–Crippen LogP) is 2.51. The Bertz CT molecular complexity index is 698. The van der Waals surface area contributed by atoms with Gasteiger partial charge >= 0.3 is 0 Å². The molecule has 1 saturated carbocycles. The largest absolute Gasteiger partial charge is 0.392 e. The van der Waals surface area contributed by atoms with Crippen LogP contribution in [0.25, 0.3) is 0 Å². The van der Waals surface area contributed by atoms with Crippen molar-refractivity contribution in [3.63, 3.8) is 0 Å². The zero-order chi connectivity index (χ0) is 17.9. The van der Waals surface area contributed by atoms with Crippen LogP contribution in [-0.2, 0) is 9.59 Å². The van der Waals surface area contributed by atoms with Gasteiger partial charge in [0.15, 0.2) is 5.78 Å². The number of carbonyl (C=O) groups excluding carboxylic acids is 2. The number of hydrogen-bond acceptors (Lipinski definition) is 4. The van der Waals surface area contributed by atoms with Crippen LogP contribution in [0.3, 0.4) is 0 Å². The highest BCUT2D eigenvalue weighted by atomic mass is 16.3. The Morgan fingerprint density at radius 1 is 1.25 bits per heavy atom. The van der Waals surface area contributed by atoms with Gasteiger partial charge in [0.1, 0.15) is 11.9 Å². The van der Waals surface area contributed by atoms with Crippen LogP contribution >= 0.6 is 0 Å². The van der Waals surface area contributed by atoms with E-state index in [0.717, 1.165) is 6.29 Å². The number of fused-ring (bicyclic) bond motifs is 3. The maximum Gasteiger partial charge on any atom is 0.165 e. The number of aliphatic hydroxyl groups is 2. The SMILES string of the molecule is CC(C)C1=CC(=O)[C@]2(C)CC[C@]3(C)C(=CC=C(C=O)C[C@@H]3O)[C@]12O. The van der Waals surface area contributed by atoms with Crippen LogP contribution in [0.1, 0.15) is 47.0 Å². The number of allylic oxidation sites excluding steroid dienone is 3. The zero-order valence-electron chi connectivity index (χ0n) is 14.8. The van der Waals surface area contributed by atoms with Crippen LogP contribution in [0.4, 0.5) is 0 Å². The molecule has 0 unspecified atom stereocenters. The lowest BCUT2D eigenvalue weighted by atomic mass is 9.51. The summed E-state index contributed by atoms with van der Waals surface area (Å²) in [5.41, 5.74) is -1.08. The van der Waals surface area contributed by atoms with Gasteiger partial charge < -0.3 is 10.2 Å². The topological polar surface area (TPSA) is 74.6 Å². The van der Waals surface area contributed by atoms with Gasteiger partial charge in [-0.25, -0.2) is 0 Å². The molecule has 0 heterocycles. The van der Waals surface area contributed by atoms with Gasteiger partial charge in [-0.1, -0.05) is 32.9 Å². The van der Waals surface area contributed by atoms with Crippen LogP contribution in [0.5, 0.6) is 0 Å². The highest BCUT2D eigenvalue weighted by Crippen LogP contribution is 2.63. The van der Waals surface area contributed by atoms with Gasteiger partial charge in [0.05, 0.1) is 11.5 Å². The lowest BCUT2D eigenvalue weighted by Gasteiger charge is -2.55. The standard InChI is InChI=1S/C20H26O4/c1-12(2)14-10-17(23)19(4)8-7-18(3)15(20(14,19)24)6-5-13(11-21)9-16(18)22/h5-6,10-12,16,22,24H,7-9H2,1-4H3/t16-,18+,19-,20+/m0/s1. The molecule has 3 aliphatic rings. The van der Waals surface area contributed by atoms with Crippen LogP contribution in [0.15, 0.2) is 34.9 Å². The highest BCUT2D eigenvalue weighted by Gasteiger charge is 2.66. The quantitative estimate of drug-likeness (QED) is 0.763. The minimum atomic E-state index is -1.40. The number of ketones is 1. The second-order valence-electron chi connectivity index (χ2n) is 8.24. The number of aldehydes is 1. The first kappa shape index (κ1) is 17.3. The third kappa shape index (κ3) is 1.93. The van der Waals surface area contributed by atoms with E-state index in [-0.39, 0.29) is 18.1 Å². The maximum absolute atomic E-state index is 12.7. The molecule has 24 heavy (non-hydrogen) atoms. The Balaban J connectivity index is 2.26. The monoisotopic (exact) mass is 330 g/mol. The summed E-state index contributed by atoms with van der Waals surface area (Å²) >= 11 is 0. The van der Waals surface area contributed by atoms with E-state index >= 15 is 0 Å². The van der Waals surface area contributed by atoms with Crippen molar-refractivity contribution >= 4 is 12.1 Å². The lowest BCUT2D eigenvalue weighted by molar-refractivity contribution is -0.139. The van der Waals surface area contributed by atoms with E-state index in [1.807, 2.05) is 27.7 Å². The molecule has 0 amide bonds. The summed E-state index contributed by atoms with van der Waals surface area (Å²) in [5.74, 6) is -0.0334. The normalized spacial score (nSPS) is 41.9. The molecule has 0 aromatic carbocycles. The van der Waals surface area contributed by atoms with Gasteiger partial charge in [0, 0.05) is 11.8 Å². The first-order valence-corrected chi connectivity index (χ1v) is 8.65. The third-order valence-corrected chi connectivity index (χ3v) is 6.60. The molecular formula is C20H26O4. The average molecular weight is 330 g/mol. The molecule has 130 valence electrons. The van der Waals surface area contributed by atoms with E-state index in [9.17, 15) is 19.8 Å². The predicted molar refractivity (Wildman–Crippen MR) is 91.2 cm³/mol.